The van der Waals surface area contributed by atoms with E-state index in [0.29, 0.717) is 6.54 Å². The van der Waals surface area contributed by atoms with E-state index in [-0.39, 0.29) is 18.5 Å². The van der Waals surface area contributed by atoms with E-state index in [1.165, 1.54) is 0 Å². The molecule has 0 fully saturated rings. The van der Waals surface area contributed by atoms with Crippen LogP contribution in [0.15, 0.2) is 0 Å². The second-order valence-electron chi connectivity index (χ2n) is 3.36. The van der Waals surface area contributed by atoms with E-state index < -0.39 is 5.97 Å². The molecule has 0 aliphatic rings. The van der Waals surface area contributed by atoms with Crippen LogP contribution in [0.1, 0.15) is 19.8 Å². The van der Waals surface area contributed by atoms with Crippen molar-refractivity contribution in [2.75, 3.05) is 20.1 Å². The second-order valence-corrected chi connectivity index (χ2v) is 3.36. The maximum Gasteiger partial charge on any atom is 0.315 e. The van der Waals surface area contributed by atoms with Crippen molar-refractivity contribution < 1.29 is 14.7 Å². The van der Waals surface area contributed by atoms with Gasteiger partial charge in [0, 0.05) is 12.6 Å². The molecule has 0 aromatic rings. The molecular weight excluding hydrogens is 198 g/mol. The van der Waals surface area contributed by atoms with Gasteiger partial charge in [0.1, 0.15) is 0 Å². The molecule has 4 N–H and O–H groups in total. The van der Waals surface area contributed by atoms with Gasteiger partial charge in [0.25, 0.3) is 0 Å². The Morgan fingerprint density at radius 3 is 2.53 bits per heavy atom. The van der Waals surface area contributed by atoms with Gasteiger partial charge in [-0.3, -0.25) is 4.79 Å². The highest BCUT2D eigenvalue weighted by molar-refractivity contribution is 5.75. The lowest BCUT2D eigenvalue weighted by atomic mass is 10.2. The van der Waals surface area contributed by atoms with Crippen LogP contribution in [0.2, 0.25) is 0 Å². The molecule has 1 unspecified atom stereocenters. The Labute approximate surface area is 89.4 Å². The molecule has 0 saturated carbocycles. The van der Waals surface area contributed by atoms with Gasteiger partial charge >= 0.3 is 12.0 Å². The number of carboxylic acid groups (broad SMARTS) is 1. The third-order valence-corrected chi connectivity index (χ3v) is 1.75. The number of amides is 2. The summed E-state index contributed by atoms with van der Waals surface area (Å²) in [5.41, 5.74) is 0. The topological polar surface area (TPSA) is 90.5 Å². The van der Waals surface area contributed by atoms with Gasteiger partial charge in [-0.25, -0.2) is 4.79 Å². The number of hydrogen-bond acceptors (Lipinski definition) is 3. The minimum absolute atomic E-state index is 0.0655. The molecule has 0 heterocycles. The number of carbonyl (C=O) groups excluding carboxylic acids is 1. The number of carboxylic acids is 1. The summed E-state index contributed by atoms with van der Waals surface area (Å²) in [6.07, 6.45) is 0.779. The van der Waals surface area contributed by atoms with E-state index >= 15 is 0 Å². The zero-order valence-corrected chi connectivity index (χ0v) is 9.17. The van der Waals surface area contributed by atoms with Crippen molar-refractivity contribution in [1.29, 1.82) is 0 Å². The minimum Gasteiger partial charge on any atom is -0.481 e. The molecule has 0 radical (unpaired) electrons. The second kappa shape index (κ2) is 8.05. The number of carbonyl (C=O) groups is 2. The third kappa shape index (κ3) is 9.01. The fourth-order valence-corrected chi connectivity index (χ4v) is 1.05. The van der Waals surface area contributed by atoms with Gasteiger partial charge < -0.3 is 21.1 Å². The number of rotatable bonds is 7. The quantitative estimate of drug-likeness (QED) is 0.443. The van der Waals surface area contributed by atoms with Crippen LogP contribution in [0.3, 0.4) is 0 Å². The molecule has 0 saturated heterocycles. The van der Waals surface area contributed by atoms with Crippen LogP contribution in [0.25, 0.3) is 0 Å². The highest BCUT2D eigenvalue weighted by Gasteiger charge is 2.09. The number of hydrogen-bond donors (Lipinski definition) is 4. The molecular formula is C9H19N3O3. The summed E-state index contributed by atoms with van der Waals surface area (Å²) in [6, 6.07) is -0.674. The third-order valence-electron chi connectivity index (χ3n) is 1.75. The molecule has 0 aromatic carbocycles. The zero-order chi connectivity index (χ0) is 11.7. The highest BCUT2D eigenvalue weighted by Crippen LogP contribution is 1.89. The van der Waals surface area contributed by atoms with Gasteiger partial charge in [-0.2, -0.15) is 0 Å². The van der Waals surface area contributed by atoms with E-state index in [0.717, 1.165) is 13.0 Å². The molecule has 0 bridgehead atoms. The summed E-state index contributed by atoms with van der Waals surface area (Å²) in [7, 11) is 1.84. The molecule has 0 spiro atoms. The molecule has 2 amide bonds. The molecule has 15 heavy (non-hydrogen) atoms. The molecule has 6 nitrogen and oxygen atoms in total. The van der Waals surface area contributed by atoms with Crippen LogP contribution < -0.4 is 16.0 Å². The summed E-state index contributed by atoms with van der Waals surface area (Å²) in [4.78, 5) is 21.5. The predicted octanol–water partition coefficient (Wildman–Crippen LogP) is -0.242. The lowest BCUT2D eigenvalue weighted by molar-refractivity contribution is -0.137. The van der Waals surface area contributed by atoms with Crippen LogP contribution >= 0.6 is 0 Å². The number of aliphatic carboxylic acids is 1. The normalized spacial score (nSPS) is 11.9. The van der Waals surface area contributed by atoms with Gasteiger partial charge in [0.15, 0.2) is 0 Å². The summed E-state index contributed by atoms with van der Waals surface area (Å²) in [5.74, 6) is -0.919. The predicted molar refractivity (Wildman–Crippen MR) is 56.8 cm³/mol. The molecule has 0 aromatic heterocycles. The first-order valence-electron chi connectivity index (χ1n) is 4.97. The van der Waals surface area contributed by atoms with Crippen molar-refractivity contribution in [2.24, 2.45) is 0 Å². The summed E-state index contributed by atoms with van der Waals surface area (Å²) in [6.45, 7) is 3.07. The molecule has 0 aliphatic carbocycles. The first-order valence-corrected chi connectivity index (χ1v) is 4.97. The van der Waals surface area contributed by atoms with Crippen molar-refractivity contribution in [3.63, 3.8) is 0 Å². The Hall–Kier alpha value is -1.30. The number of nitrogens with one attached hydrogen (secondary N) is 3. The number of urea groups is 1. The van der Waals surface area contributed by atoms with E-state index in [9.17, 15) is 9.59 Å². The van der Waals surface area contributed by atoms with E-state index in [4.69, 9.17) is 5.11 Å². The fraction of sp³-hybridized carbons (Fsp3) is 0.778. The van der Waals surface area contributed by atoms with Crippen LogP contribution in [0.4, 0.5) is 4.79 Å². The van der Waals surface area contributed by atoms with Gasteiger partial charge in [0.2, 0.25) is 0 Å². The van der Waals surface area contributed by atoms with E-state index in [1.54, 1.807) is 6.92 Å². The van der Waals surface area contributed by atoms with Gasteiger partial charge in [0.05, 0.1) is 6.42 Å². The molecule has 88 valence electrons. The Morgan fingerprint density at radius 1 is 1.33 bits per heavy atom. The monoisotopic (exact) mass is 217 g/mol. The first kappa shape index (κ1) is 13.7. The maximum atomic E-state index is 11.2. The van der Waals surface area contributed by atoms with Gasteiger partial charge in [-0.15, -0.1) is 0 Å². The van der Waals surface area contributed by atoms with E-state index in [2.05, 4.69) is 16.0 Å². The van der Waals surface area contributed by atoms with Crippen LogP contribution in [0, 0.1) is 0 Å². The van der Waals surface area contributed by atoms with Gasteiger partial charge in [-0.1, -0.05) is 0 Å². The minimum atomic E-state index is -0.919. The lowest BCUT2D eigenvalue weighted by Gasteiger charge is -2.12. The molecule has 0 rings (SSSR count). The van der Waals surface area contributed by atoms with Crippen LogP contribution in [-0.4, -0.2) is 43.3 Å². The Kier molecular flexibility index (Phi) is 7.35. The van der Waals surface area contributed by atoms with Crippen LogP contribution in [-0.2, 0) is 4.79 Å². The summed E-state index contributed by atoms with van der Waals surface area (Å²) in [5, 5.41) is 16.6. The van der Waals surface area contributed by atoms with Crippen molar-refractivity contribution in [1.82, 2.24) is 16.0 Å². The summed E-state index contributed by atoms with van der Waals surface area (Å²) < 4.78 is 0. The smallest absolute Gasteiger partial charge is 0.315 e. The van der Waals surface area contributed by atoms with Crippen molar-refractivity contribution in [3.05, 3.63) is 0 Å². The molecule has 0 aliphatic heterocycles. The molecule has 6 heteroatoms. The summed E-state index contributed by atoms with van der Waals surface area (Å²) >= 11 is 0. The standard InChI is InChI=1S/C9H19N3O3/c1-7(6-8(13)14)12-9(15)11-5-3-4-10-2/h7,10H,3-6H2,1-2H3,(H,13,14)(H2,11,12,15). The maximum absolute atomic E-state index is 11.2. The van der Waals surface area contributed by atoms with Crippen LogP contribution in [0.5, 0.6) is 0 Å². The first-order chi connectivity index (χ1) is 7.06. The van der Waals surface area contributed by atoms with Gasteiger partial charge in [-0.05, 0) is 26.9 Å². The largest absolute Gasteiger partial charge is 0.481 e. The Balaban J connectivity index is 3.51. The average Bonchev–Trinajstić information content (AvgIpc) is 2.10. The fourth-order valence-electron chi connectivity index (χ4n) is 1.05. The van der Waals surface area contributed by atoms with Crippen molar-refractivity contribution >= 4 is 12.0 Å². The van der Waals surface area contributed by atoms with Crippen molar-refractivity contribution in [3.8, 4) is 0 Å². The highest BCUT2D eigenvalue weighted by atomic mass is 16.4. The van der Waals surface area contributed by atoms with E-state index in [1.807, 2.05) is 7.05 Å². The Morgan fingerprint density at radius 2 is 2.00 bits per heavy atom. The van der Waals surface area contributed by atoms with Crippen molar-refractivity contribution in [2.45, 2.75) is 25.8 Å². The lowest BCUT2D eigenvalue weighted by Crippen LogP contribution is -2.42. The SMILES string of the molecule is CNCCCNC(=O)NC(C)CC(=O)O. The Bertz CT molecular complexity index is 209. The zero-order valence-electron chi connectivity index (χ0n) is 9.17. The average molecular weight is 217 g/mol. The molecule has 1 atom stereocenters.